The van der Waals surface area contributed by atoms with Crippen LogP contribution in [0.15, 0.2) is 12.4 Å². The maximum Gasteiger partial charge on any atom is 0.319 e. The van der Waals surface area contributed by atoms with Crippen molar-refractivity contribution in [2.75, 3.05) is 39.3 Å². The Labute approximate surface area is 661 Å². The van der Waals surface area contributed by atoms with E-state index in [2.05, 4.69) is 72.8 Å². The van der Waals surface area contributed by atoms with Gasteiger partial charge in [0.2, 0.25) is 11.8 Å². The van der Waals surface area contributed by atoms with Crippen LogP contribution in [0.4, 0.5) is 0 Å². The Bertz CT molecular complexity index is 3020. The molecule has 0 saturated heterocycles. The first-order valence-electron chi connectivity index (χ1n) is 37.5. The number of fused-ring (bicyclic) bond motifs is 10. The number of carbonyl (C=O) groups is 8. The standard InChI is InChI=1S/C72H116N14O14.6ClH/c1-41(49-13-15-51-67-53(29-57(71(49,51)5)99-65(93)35-77)69(3)21-19-47(95-61(89)31-73)25-43(69)27-55(67)97-63(91)33-75)11-17-59(87)79-37-45-39-85(83-81-45)23-9-7-8-10-24-86-40-46(82-84-86)38-80-60(88)18-12-42(2)50-14-16-52-68-54(30-58(72(50,52)6)100-66(94)36-78)70(4)22-20-48(96-62(90)32-74)26-44(70)28-56(68)98-64(92)34-76;;;;;;/h39-44,47-58,67-68H,7-38,73-78H2,1-6H3,(H,79,87)(H,80,88);6*1H/t41-,42-,43+,44+,47-,48-,49-,50-,51+,52+,53+,54+,55-,56-,57+,58+,67+,68+,69+,70+,71-,72-;;;;;;/m1....../s1. The summed E-state index contributed by atoms with van der Waals surface area (Å²) < 4.78 is 40.4. The largest absolute Gasteiger partial charge is 0.461 e. The quantitative estimate of drug-likeness (QED) is 0.0221. The van der Waals surface area contributed by atoms with E-state index in [0.717, 1.165) is 64.2 Å². The van der Waals surface area contributed by atoms with Crippen LogP contribution in [0, 0.1) is 92.7 Å². The summed E-state index contributed by atoms with van der Waals surface area (Å²) in [6.45, 7) is 14.0. The highest BCUT2D eigenvalue weighted by molar-refractivity contribution is 5.86. The number of hydrogen-bond donors (Lipinski definition) is 8. The summed E-state index contributed by atoms with van der Waals surface area (Å²) in [6.07, 6.45) is 17.2. The van der Waals surface area contributed by atoms with Crippen molar-refractivity contribution in [3.8, 4) is 0 Å². The van der Waals surface area contributed by atoms with E-state index in [9.17, 15) is 38.4 Å². The van der Waals surface area contributed by atoms with E-state index in [1.165, 1.54) is 0 Å². The predicted molar refractivity (Wildman–Crippen MR) is 408 cm³/mol. The molecule has 8 aliphatic rings. The predicted octanol–water partition coefficient (Wildman–Crippen LogP) is 6.71. The highest BCUT2D eigenvalue weighted by Gasteiger charge is 2.70. The second-order valence-electron chi connectivity index (χ2n) is 32.0. The van der Waals surface area contributed by atoms with Crippen LogP contribution in [-0.4, -0.2) is 154 Å². The number of rotatable bonds is 31. The molecule has 106 heavy (non-hydrogen) atoms. The van der Waals surface area contributed by atoms with Crippen LogP contribution in [0.1, 0.15) is 194 Å². The van der Waals surface area contributed by atoms with Gasteiger partial charge in [0.15, 0.2) is 0 Å². The molecule has 0 radical (unpaired) electrons. The van der Waals surface area contributed by atoms with Gasteiger partial charge in [0, 0.05) is 48.6 Å². The zero-order chi connectivity index (χ0) is 71.8. The molecule has 8 fully saturated rings. The lowest BCUT2D eigenvalue weighted by Gasteiger charge is -2.64. The molecule has 28 nitrogen and oxygen atoms in total. The molecule has 14 N–H and O–H groups in total. The summed E-state index contributed by atoms with van der Waals surface area (Å²) in [5.41, 5.74) is 34.7. The van der Waals surface area contributed by atoms with Crippen molar-refractivity contribution in [3.63, 3.8) is 0 Å². The number of amides is 2. The van der Waals surface area contributed by atoms with Gasteiger partial charge in [0.05, 0.1) is 64.8 Å². The van der Waals surface area contributed by atoms with E-state index < -0.39 is 71.1 Å². The van der Waals surface area contributed by atoms with Gasteiger partial charge in [-0.2, -0.15) is 0 Å². The van der Waals surface area contributed by atoms with Crippen molar-refractivity contribution >= 4 is 122 Å². The normalized spacial score (nSPS) is 33.4. The Balaban J connectivity index is 0.00000396. The first kappa shape index (κ1) is 93.9. The van der Waals surface area contributed by atoms with Gasteiger partial charge in [0.1, 0.15) is 48.0 Å². The van der Waals surface area contributed by atoms with Crippen LogP contribution in [0.2, 0.25) is 0 Å². The molecular formula is C72H122Cl6N14O14. The maximum atomic E-state index is 13.5. The van der Waals surface area contributed by atoms with Crippen molar-refractivity contribution in [1.29, 1.82) is 0 Å². The summed E-state index contributed by atoms with van der Waals surface area (Å²) in [4.78, 5) is 104. The minimum Gasteiger partial charge on any atom is -0.461 e. The molecule has 2 amide bonds. The van der Waals surface area contributed by atoms with Gasteiger partial charge in [0.25, 0.3) is 0 Å². The number of nitrogens with zero attached hydrogens (tertiary/aromatic N) is 6. The van der Waals surface area contributed by atoms with Crippen LogP contribution < -0.4 is 45.0 Å². The van der Waals surface area contributed by atoms with Crippen LogP contribution in [0.3, 0.4) is 0 Å². The average Bonchev–Trinajstić information content (AvgIpc) is 1.41. The molecular weight excluding hydrogens is 1500 g/mol. The zero-order valence-corrected chi connectivity index (χ0v) is 67.4. The molecule has 8 aliphatic carbocycles. The van der Waals surface area contributed by atoms with Gasteiger partial charge in [-0.15, -0.1) is 84.6 Å². The number of nitrogens with one attached hydrogen (secondary N) is 2. The second kappa shape index (κ2) is 41.2. The van der Waals surface area contributed by atoms with Crippen molar-refractivity contribution in [2.45, 2.75) is 246 Å². The molecule has 0 bridgehead atoms. The lowest BCUT2D eigenvalue weighted by atomic mass is 9.43. The Kier molecular flexibility index (Phi) is 36.5. The number of nitrogens with two attached hydrogens (primary N) is 6. The topological polar surface area (TPSA) is 434 Å². The van der Waals surface area contributed by atoms with Gasteiger partial charge in [-0.1, -0.05) is 64.8 Å². The fourth-order valence-corrected chi connectivity index (χ4v) is 21.9. The smallest absolute Gasteiger partial charge is 0.319 e. The monoisotopic (exact) mass is 1620 g/mol. The van der Waals surface area contributed by atoms with E-state index in [4.69, 9.17) is 62.8 Å². The van der Waals surface area contributed by atoms with Crippen LogP contribution in [0.25, 0.3) is 0 Å². The SMILES string of the molecule is C[C@H](CCC(=O)NCc1cn(CCCCCCn2cc(CNC(=O)CC[C@@H](C)[C@H]3CC[C@H]4[C@@H]5[C@H](OC(=O)CN)C[C@@H]6C[C@H](OC(=O)CN)CC[C@]6(C)[C@H]5C[C@H](OC(=O)CN)[C@]34C)nn2)nn1)[C@H]1CC[C@H]2[C@@H]3[C@H](OC(=O)CN)C[C@@H]4C[C@H](OC(=O)CN)CC[C@]4(C)[C@H]3C[C@H](OC(=O)CN)[C@]12C.Cl.Cl.Cl.Cl.Cl.Cl. The van der Waals surface area contributed by atoms with Gasteiger partial charge in [-0.3, -0.25) is 47.7 Å². The number of unbranched alkanes of at least 4 members (excludes halogenated alkanes) is 3. The number of ether oxygens (including phenoxy) is 6. The van der Waals surface area contributed by atoms with Gasteiger partial charge in [-0.25, -0.2) is 0 Å². The fraction of sp³-hybridized carbons (Fsp3) is 0.833. The molecule has 10 rings (SSSR count). The van der Waals surface area contributed by atoms with Crippen LogP contribution in [-0.2, 0) is 93.0 Å². The average molecular weight is 1620 g/mol. The van der Waals surface area contributed by atoms with Crippen LogP contribution in [0.5, 0.6) is 0 Å². The number of esters is 6. The van der Waals surface area contributed by atoms with E-state index in [1.54, 1.807) is 9.36 Å². The molecule has 606 valence electrons. The third-order valence-electron chi connectivity index (χ3n) is 26.9. The number of carbonyl (C=O) groups excluding carboxylic acids is 8. The molecule has 2 aromatic heterocycles. The fourth-order valence-electron chi connectivity index (χ4n) is 21.9. The summed E-state index contributed by atoms with van der Waals surface area (Å²) in [5.74, 6) is -2.04. The summed E-state index contributed by atoms with van der Waals surface area (Å²) in [5, 5.41) is 23.4. The number of aromatic nitrogens is 6. The summed E-state index contributed by atoms with van der Waals surface area (Å²) in [7, 11) is 0. The summed E-state index contributed by atoms with van der Waals surface area (Å²) >= 11 is 0. The highest BCUT2D eigenvalue weighted by atomic mass is 35.5. The maximum absolute atomic E-state index is 13.5. The Morgan fingerprint density at radius 2 is 0.792 bits per heavy atom. The van der Waals surface area contributed by atoms with Crippen LogP contribution >= 0.6 is 74.4 Å². The molecule has 2 aromatic rings. The molecule has 0 aromatic carbocycles. The number of hydrogen-bond acceptors (Lipinski definition) is 24. The first-order valence-corrected chi connectivity index (χ1v) is 37.5. The third kappa shape index (κ3) is 20.6. The number of halogens is 6. The molecule has 34 heteroatoms. The second-order valence-corrected chi connectivity index (χ2v) is 32.0. The summed E-state index contributed by atoms with van der Waals surface area (Å²) in [6, 6.07) is 0. The van der Waals surface area contributed by atoms with Gasteiger partial charge in [-0.05, 0) is 186 Å². The third-order valence-corrected chi connectivity index (χ3v) is 26.9. The molecule has 0 aliphatic heterocycles. The van der Waals surface area contributed by atoms with E-state index in [1.807, 2.05) is 12.4 Å². The lowest BCUT2D eigenvalue weighted by molar-refractivity contribution is -0.225. The van der Waals surface area contributed by atoms with Crippen molar-refractivity contribution in [3.05, 3.63) is 23.8 Å². The first-order chi connectivity index (χ1) is 47.8. The molecule has 22 atom stereocenters. The van der Waals surface area contributed by atoms with E-state index >= 15 is 0 Å². The zero-order valence-electron chi connectivity index (χ0n) is 62.5. The van der Waals surface area contributed by atoms with Crippen molar-refractivity contribution in [1.82, 2.24) is 40.6 Å². The molecule has 2 heterocycles. The van der Waals surface area contributed by atoms with E-state index in [0.29, 0.717) is 102 Å². The molecule has 8 saturated carbocycles. The minimum atomic E-state index is -0.477. The Hall–Kier alpha value is -4.46. The highest BCUT2D eigenvalue weighted by Crippen LogP contribution is 2.71. The van der Waals surface area contributed by atoms with Crippen molar-refractivity contribution < 1.29 is 66.8 Å². The van der Waals surface area contributed by atoms with Crippen molar-refractivity contribution in [2.24, 2.45) is 127 Å². The Morgan fingerprint density at radius 1 is 0.453 bits per heavy atom. The number of aryl methyl sites for hydroxylation is 2. The molecule has 0 unspecified atom stereocenters. The molecule has 0 spiro atoms. The lowest BCUT2D eigenvalue weighted by Crippen LogP contribution is -2.63. The Morgan fingerprint density at radius 3 is 1.14 bits per heavy atom. The van der Waals surface area contributed by atoms with Gasteiger partial charge >= 0.3 is 35.8 Å². The van der Waals surface area contributed by atoms with Gasteiger partial charge < -0.3 is 73.5 Å². The van der Waals surface area contributed by atoms with E-state index in [-0.39, 0.29) is 233 Å². The minimum absolute atomic E-state index is 0.